The second kappa shape index (κ2) is 6.70. The largest absolute Gasteiger partial charge is 0.358 e. The van der Waals surface area contributed by atoms with Gasteiger partial charge in [-0.3, -0.25) is 14.9 Å². The number of nitrogens with one attached hydrogen (secondary N) is 3. The second-order valence-electron chi connectivity index (χ2n) is 3.74. The Kier molecular flexibility index (Phi) is 5.26. The number of halogens is 1. The molecule has 0 heterocycles. The molecule has 98 valence electrons. The number of hydrogen-bond acceptors (Lipinski definition) is 3. The summed E-state index contributed by atoms with van der Waals surface area (Å²) >= 11 is 0. The maximum atomic E-state index is 13.3. The van der Waals surface area contributed by atoms with Crippen LogP contribution in [-0.2, 0) is 9.59 Å². The highest BCUT2D eigenvalue weighted by Gasteiger charge is 2.14. The van der Waals surface area contributed by atoms with Gasteiger partial charge < -0.3 is 10.6 Å². The van der Waals surface area contributed by atoms with E-state index < -0.39 is 17.8 Å². The van der Waals surface area contributed by atoms with E-state index in [4.69, 9.17) is 0 Å². The van der Waals surface area contributed by atoms with Crippen LogP contribution in [0.4, 0.5) is 10.1 Å². The highest BCUT2D eigenvalue weighted by molar-refractivity contribution is 5.95. The third kappa shape index (κ3) is 4.14. The molecule has 3 N–H and O–H groups in total. The van der Waals surface area contributed by atoms with E-state index in [1.165, 1.54) is 25.2 Å². The summed E-state index contributed by atoms with van der Waals surface area (Å²) in [7, 11) is 1.51. The summed E-state index contributed by atoms with van der Waals surface area (Å²) in [6.07, 6.45) is 0. The van der Waals surface area contributed by atoms with Crippen LogP contribution in [0.2, 0.25) is 0 Å². The predicted octanol–water partition coefficient (Wildman–Crippen LogP) is 0.488. The molecule has 0 unspecified atom stereocenters. The Labute approximate surface area is 105 Å². The Hall–Kier alpha value is -1.95. The molecule has 5 nitrogen and oxygen atoms in total. The molecule has 1 aromatic carbocycles. The summed E-state index contributed by atoms with van der Waals surface area (Å²) in [6, 6.07) is 5.30. The predicted molar refractivity (Wildman–Crippen MR) is 66.6 cm³/mol. The van der Waals surface area contributed by atoms with Crippen LogP contribution in [-0.4, -0.2) is 31.4 Å². The summed E-state index contributed by atoms with van der Waals surface area (Å²) in [5.41, 5.74) is 0.121. The van der Waals surface area contributed by atoms with Gasteiger partial charge in [0.05, 0.1) is 18.3 Å². The lowest BCUT2D eigenvalue weighted by molar-refractivity contribution is -0.120. The van der Waals surface area contributed by atoms with E-state index in [-0.39, 0.29) is 18.1 Å². The smallest absolute Gasteiger partial charge is 0.241 e. The van der Waals surface area contributed by atoms with Gasteiger partial charge in [-0.15, -0.1) is 0 Å². The minimum absolute atomic E-state index is 0.0301. The molecule has 0 aromatic heterocycles. The number of amides is 2. The molecular formula is C12H16FN3O2. The van der Waals surface area contributed by atoms with Crippen LogP contribution in [0.25, 0.3) is 0 Å². The van der Waals surface area contributed by atoms with Crippen LogP contribution in [0.5, 0.6) is 0 Å². The van der Waals surface area contributed by atoms with Gasteiger partial charge in [0.2, 0.25) is 11.8 Å². The van der Waals surface area contributed by atoms with Crippen molar-refractivity contribution in [1.82, 2.24) is 10.6 Å². The van der Waals surface area contributed by atoms with Gasteiger partial charge >= 0.3 is 0 Å². The fourth-order valence-electron chi connectivity index (χ4n) is 1.23. The minimum atomic E-state index is -0.595. The van der Waals surface area contributed by atoms with Crippen molar-refractivity contribution in [2.24, 2.45) is 0 Å². The van der Waals surface area contributed by atoms with Crippen molar-refractivity contribution in [3.8, 4) is 0 Å². The number of carbonyl (C=O) groups is 2. The van der Waals surface area contributed by atoms with E-state index in [0.717, 1.165) is 0 Å². The van der Waals surface area contributed by atoms with Crippen molar-refractivity contribution in [3.63, 3.8) is 0 Å². The Morgan fingerprint density at radius 3 is 2.61 bits per heavy atom. The topological polar surface area (TPSA) is 70.2 Å². The van der Waals surface area contributed by atoms with E-state index in [2.05, 4.69) is 16.0 Å². The molecule has 18 heavy (non-hydrogen) atoms. The number of likely N-dealkylation sites (N-methyl/N-ethyl adjacent to an activating group) is 1. The van der Waals surface area contributed by atoms with Crippen LogP contribution in [0.15, 0.2) is 24.3 Å². The normalized spacial score (nSPS) is 11.7. The fourth-order valence-corrected chi connectivity index (χ4v) is 1.23. The van der Waals surface area contributed by atoms with Gasteiger partial charge in [-0.1, -0.05) is 12.1 Å². The summed E-state index contributed by atoms with van der Waals surface area (Å²) in [6.45, 7) is 1.63. The SMILES string of the molecule is CNC(=O)CN[C@H](C)C(=O)Nc1ccccc1F. The molecule has 0 radical (unpaired) electrons. The van der Waals surface area contributed by atoms with Crippen LogP contribution in [0, 0.1) is 5.82 Å². The first kappa shape index (κ1) is 14.1. The number of anilines is 1. The Bertz CT molecular complexity index is 437. The van der Waals surface area contributed by atoms with E-state index in [0.29, 0.717) is 0 Å². The van der Waals surface area contributed by atoms with Crippen LogP contribution in [0.3, 0.4) is 0 Å². The average molecular weight is 253 g/mol. The third-order valence-corrected chi connectivity index (χ3v) is 2.37. The van der Waals surface area contributed by atoms with Gasteiger partial charge in [0.25, 0.3) is 0 Å². The van der Waals surface area contributed by atoms with Gasteiger partial charge in [0.15, 0.2) is 0 Å². The number of para-hydroxylation sites is 1. The van der Waals surface area contributed by atoms with Gasteiger partial charge in [-0.25, -0.2) is 4.39 Å². The lowest BCUT2D eigenvalue weighted by Gasteiger charge is -2.13. The molecule has 1 atom stereocenters. The lowest BCUT2D eigenvalue weighted by Crippen LogP contribution is -2.43. The summed E-state index contributed by atoms with van der Waals surface area (Å²) in [4.78, 5) is 22.7. The zero-order valence-electron chi connectivity index (χ0n) is 10.3. The molecule has 0 aliphatic heterocycles. The summed E-state index contributed by atoms with van der Waals surface area (Å²) in [5, 5.41) is 7.59. The molecule has 2 amide bonds. The van der Waals surface area contributed by atoms with Crippen molar-refractivity contribution in [2.75, 3.05) is 18.9 Å². The minimum Gasteiger partial charge on any atom is -0.358 e. The van der Waals surface area contributed by atoms with Crippen molar-refractivity contribution in [3.05, 3.63) is 30.1 Å². The molecule has 0 saturated heterocycles. The van der Waals surface area contributed by atoms with Crippen molar-refractivity contribution < 1.29 is 14.0 Å². The van der Waals surface area contributed by atoms with Crippen molar-refractivity contribution in [2.45, 2.75) is 13.0 Å². The quantitative estimate of drug-likeness (QED) is 0.715. The Balaban J connectivity index is 2.50. The first-order valence-corrected chi connectivity index (χ1v) is 5.54. The maximum absolute atomic E-state index is 13.3. The monoisotopic (exact) mass is 253 g/mol. The van der Waals surface area contributed by atoms with Crippen molar-refractivity contribution >= 4 is 17.5 Å². The first-order valence-electron chi connectivity index (χ1n) is 5.54. The molecule has 1 rings (SSSR count). The molecule has 1 aromatic rings. The summed E-state index contributed by atoms with van der Waals surface area (Å²) < 4.78 is 13.3. The van der Waals surface area contributed by atoms with E-state index in [1.807, 2.05) is 0 Å². The summed E-state index contributed by atoms with van der Waals surface area (Å²) in [5.74, 6) is -1.12. The third-order valence-electron chi connectivity index (χ3n) is 2.37. The van der Waals surface area contributed by atoms with Crippen molar-refractivity contribution in [1.29, 1.82) is 0 Å². The Morgan fingerprint density at radius 1 is 1.33 bits per heavy atom. The lowest BCUT2D eigenvalue weighted by atomic mass is 10.2. The number of benzene rings is 1. The van der Waals surface area contributed by atoms with Gasteiger partial charge in [0.1, 0.15) is 5.82 Å². The van der Waals surface area contributed by atoms with E-state index in [1.54, 1.807) is 13.0 Å². The first-order chi connectivity index (χ1) is 8.54. The molecule has 6 heteroatoms. The molecule has 0 aliphatic rings. The highest BCUT2D eigenvalue weighted by Crippen LogP contribution is 2.12. The fraction of sp³-hybridized carbons (Fsp3) is 0.333. The molecule has 0 saturated carbocycles. The van der Waals surface area contributed by atoms with Gasteiger partial charge in [-0.05, 0) is 19.1 Å². The zero-order chi connectivity index (χ0) is 13.5. The molecule has 0 spiro atoms. The molecule has 0 aliphatic carbocycles. The Morgan fingerprint density at radius 2 is 2.00 bits per heavy atom. The van der Waals surface area contributed by atoms with Crippen LogP contribution in [0.1, 0.15) is 6.92 Å². The molecule has 0 fully saturated rings. The number of rotatable bonds is 5. The van der Waals surface area contributed by atoms with Crippen LogP contribution < -0.4 is 16.0 Å². The van der Waals surface area contributed by atoms with Gasteiger partial charge in [0, 0.05) is 7.05 Å². The zero-order valence-corrected chi connectivity index (χ0v) is 10.3. The number of hydrogen-bond donors (Lipinski definition) is 3. The second-order valence-corrected chi connectivity index (χ2v) is 3.74. The highest BCUT2D eigenvalue weighted by atomic mass is 19.1. The standard InChI is InChI=1S/C12H16FN3O2/c1-8(15-7-11(17)14-2)12(18)16-10-6-4-3-5-9(10)13/h3-6,8,15H,7H2,1-2H3,(H,14,17)(H,16,18)/t8-/m1/s1. The maximum Gasteiger partial charge on any atom is 0.241 e. The average Bonchev–Trinajstić information content (AvgIpc) is 2.38. The number of carbonyl (C=O) groups excluding carboxylic acids is 2. The molecule has 0 bridgehead atoms. The van der Waals surface area contributed by atoms with Gasteiger partial charge in [-0.2, -0.15) is 0 Å². The van der Waals surface area contributed by atoms with Crippen LogP contribution >= 0.6 is 0 Å². The van der Waals surface area contributed by atoms with E-state index >= 15 is 0 Å². The van der Waals surface area contributed by atoms with E-state index in [9.17, 15) is 14.0 Å². The molecular weight excluding hydrogens is 237 g/mol.